The van der Waals surface area contributed by atoms with Gasteiger partial charge < -0.3 is 9.11 Å². The van der Waals surface area contributed by atoms with Crippen LogP contribution in [0.4, 0.5) is 0 Å². The minimum absolute atomic E-state index is 0. The van der Waals surface area contributed by atoms with E-state index in [1.807, 2.05) is 0 Å². The van der Waals surface area contributed by atoms with E-state index in [1.165, 1.54) is 0 Å². The van der Waals surface area contributed by atoms with Crippen molar-refractivity contribution in [3.63, 3.8) is 0 Å². The van der Waals surface area contributed by atoms with Crippen LogP contribution in [0.1, 0.15) is 0 Å². The molecular weight excluding hydrogens is 386 g/mol. The fourth-order valence-corrected chi connectivity index (χ4v) is 0. The molecule has 0 rings (SSSR count). The molecule has 0 heterocycles. The summed E-state index contributed by atoms with van der Waals surface area (Å²) >= 11 is 1.21. The Balaban J connectivity index is -0.0000000383. The van der Waals surface area contributed by atoms with Gasteiger partial charge in [0.1, 0.15) is 0 Å². The first kappa shape index (κ1) is 24.3. The third-order valence-electron chi connectivity index (χ3n) is 0. The monoisotopic (exact) mass is 384 g/mol. The Morgan fingerprint density at radius 2 is 1.18 bits per heavy atom. The summed E-state index contributed by atoms with van der Waals surface area (Å²) in [6.07, 6.45) is 0. The van der Waals surface area contributed by atoms with Crippen molar-refractivity contribution in [2.24, 2.45) is 0 Å². The van der Waals surface area contributed by atoms with E-state index >= 15 is 0 Å². The average molecular weight is 386 g/mol. The number of hydrogen-bond acceptors (Lipinski definition) is 4. The fraction of sp³-hybridized carbons (Fsp3) is 0. The van der Waals surface area contributed by atoms with Gasteiger partial charge in [0.2, 0.25) is 0 Å². The number of rotatable bonds is 0. The molecule has 0 saturated carbocycles. The molecule has 0 amide bonds. The Bertz CT molecular complexity index is 136. The summed E-state index contributed by atoms with van der Waals surface area (Å²) in [5.41, 5.74) is 0. The molecule has 0 aliphatic rings. The van der Waals surface area contributed by atoms with E-state index in [4.69, 9.17) is 39.8 Å². The molecule has 0 aliphatic carbocycles. The van der Waals surface area contributed by atoms with Crippen LogP contribution in [0.3, 0.4) is 0 Å². The van der Waals surface area contributed by atoms with E-state index in [0.717, 1.165) is 0 Å². The van der Waals surface area contributed by atoms with Crippen LogP contribution in [0, 0.1) is 0 Å². The predicted molar refractivity (Wildman–Crippen MR) is 40.4 cm³/mol. The number of halogens is 3. The summed E-state index contributed by atoms with van der Waals surface area (Å²) in [7, 11) is 10.6. The van der Waals surface area contributed by atoms with Crippen LogP contribution in [0.5, 0.6) is 0 Å². The molecule has 0 N–H and O–H groups in total. The van der Waals surface area contributed by atoms with Gasteiger partial charge in [0.25, 0.3) is 0 Å². The van der Waals surface area contributed by atoms with Crippen LogP contribution in [0.15, 0.2) is 0 Å². The van der Waals surface area contributed by atoms with Crippen LogP contribution >= 0.6 is 26.5 Å². The minimum Gasteiger partial charge on any atom is 1.00 e. The Morgan fingerprint density at radius 1 is 1.18 bits per heavy atom. The van der Waals surface area contributed by atoms with E-state index in [-0.39, 0.29) is 59.1 Å². The second-order valence-electron chi connectivity index (χ2n) is 0.600. The summed E-state index contributed by atoms with van der Waals surface area (Å²) in [5, 5.41) is 0. The van der Waals surface area contributed by atoms with Crippen LogP contribution in [0.2, 0.25) is 0 Å². The van der Waals surface area contributed by atoms with Gasteiger partial charge in [0.15, 0.2) is 0 Å². The zero-order valence-corrected chi connectivity index (χ0v) is 16.1. The van der Waals surface area contributed by atoms with Crippen molar-refractivity contribution in [2.45, 2.75) is 0 Å². The molecule has 0 fully saturated rings. The van der Waals surface area contributed by atoms with Gasteiger partial charge in [-0.25, -0.2) is 0 Å². The summed E-state index contributed by atoms with van der Waals surface area (Å²) < 4.78 is 26.7. The second-order valence-corrected chi connectivity index (χ2v) is 14.0. The first-order valence-electron chi connectivity index (χ1n) is 1.17. The standard InChI is InChI=1S/3ClH.2Na.H2O3S2.Sb/c;;;;;1-5(2,3)4;/h3*1H;;;(H2,1,2,3,4);/q;;;2*+1;;+3/p-5. The molecule has 0 bridgehead atoms. The first-order valence-corrected chi connectivity index (χ1v) is 13.2. The van der Waals surface area contributed by atoms with Gasteiger partial charge in [-0.3, -0.25) is 4.21 Å². The predicted octanol–water partition coefficient (Wildman–Crippen LogP) is -5.31. The molecule has 58 valence electrons. The Hall–Kier alpha value is 3.98. The smallest absolute Gasteiger partial charge is 1.00 e. The van der Waals surface area contributed by atoms with Gasteiger partial charge in [-0.15, -0.1) is 9.05 Å². The third kappa shape index (κ3) is 127. The zero-order valence-electron chi connectivity index (χ0n) is 5.62. The topological polar surface area (TPSA) is 63.2 Å². The molecule has 11 heavy (non-hydrogen) atoms. The molecule has 0 aromatic carbocycles. The Kier molecular flexibility index (Phi) is 30.9. The molecule has 0 spiro atoms. The van der Waals surface area contributed by atoms with Gasteiger partial charge in [-0.05, 0) is 11.2 Å². The molecule has 3 nitrogen and oxygen atoms in total. The van der Waals surface area contributed by atoms with Gasteiger partial charge >= 0.3 is 102 Å². The molecule has 0 atom stereocenters. The zero-order chi connectivity index (χ0) is 8.08. The second kappa shape index (κ2) is 14.0. The SMILES string of the molecule is O=S([O-])([O-])=S.[Cl][Sb]([Cl])[Cl].[Na+].[Na+]. The van der Waals surface area contributed by atoms with Crippen molar-refractivity contribution < 1.29 is 72.4 Å². The minimum atomic E-state index is -4.33. The quantitative estimate of drug-likeness (QED) is 0.391. The summed E-state index contributed by atoms with van der Waals surface area (Å²) in [4.78, 5) is 0. The molecule has 0 aliphatic heterocycles. The van der Waals surface area contributed by atoms with Crippen molar-refractivity contribution in [3.05, 3.63) is 0 Å². The van der Waals surface area contributed by atoms with Crippen molar-refractivity contribution >= 4 is 63.5 Å². The van der Waals surface area contributed by atoms with Crippen molar-refractivity contribution in [1.82, 2.24) is 0 Å². The molecule has 0 unspecified atom stereocenters. The molecule has 11 heteroatoms. The van der Waals surface area contributed by atoms with Gasteiger partial charge in [0, 0.05) is 0 Å². The molecular formula is Cl3Na2O3S2Sb. The normalized spacial score (nSPS) is 8.55. The van der Waals surface area contributed by atoms with E-state index in [2.05, 4.69) is 11.2 Å². The van der Waals surface area contributed by atoms with E-state index in [0.29, 0.717) is 0 Å². The largest absolute Gasteiger partial charge is 1.00 e. The van der Waals surface area contributed by atoms with Gasteiger partial charge in [-0.1, -0.05) is 0 Å². The Labute approximate surface area is 133 Å². The van der Waals surface area contributed by atoms with E-state index in [1.54, 1.807) is 0 Å². The van der Waals surface area contributed by atoms with E-state index < -0.39 is 25.8 Å². The van der Waals surface area contributed by atoms with Crippen molar-refractivity contribution in [3.8, 4) is 0 Å². The number of hydrogen-bond donors (Lipinski definition) is 0. The average Bonchev–Trinajstić information content (AvgIpc) is 1.19. The summed E-state index contributed by atoms with van der Waals surface area (Å²) in [5.74, 6) is 0. The first-order chi connectivity index (χ1) is 3.73. The third-order valence-corrected chi connectivity index (χ3v) is 0. The van der Waals surface area contributed by atoms with Gasteiger partial charge in [-0.2, -0.15) is 0 Å². The van der Waals surface area contributed by atoms with Crippen LogP contribution < -0.4 is 59.1 Å². The van der Waals surface area contributed by atoms with Crippen molar-refractivity contribution in [2.75, 3.05) is 0 Å². The van der Waals surface area contributed by atoms with E-state index in [9.17, 15) is 0 Å². The van der Waals surface area contributed by atoms with Crippen LogP contribution in [-0.2, 0) is 20.2 Å². The molecule has 0 aromatic rings. The summed E-state index contributed by atoms with van der Waals surface area (Å²) in [6.45, 7) is 0. The van der Waals surface area contributed by atoms with Gasteiger partial charge in [0.05, 0.1) is 0 Å². The Morgan fingerprint density at radius 3 is 1.18 bits per heavy atom. The molecule has 0 saturated heterocycles. The maximum Gasteiger partial charge on any atom is 1.00 e. The fourth-order valence-electron chi connectivity index (χ4n) is 0. The van der Waals surface area contributed by atoms with Crippen LogP contribution in [0.25, 0.3) is 0 Å². The molecule has 0 radical (unpaired) electrons. The maximum atomic E-state index is 8.89. The maximum absolute atomic E-state index is 8.89. The summed E-state index contributed by atoms with van der Waals surface area (Å²) in [6, 6.07) is 0. The van der Waals surface area contributed by atoms with Crippen molar-refractivity contribution in [1.29, 1.82) is 0 Å². The van der Waals surface area contributed by atoms with Crippen LogP contribution in [-0.4, -0.2) is 30.1 Å². The molecule has 0 aromatic heterocycles.